The van der Waals surface area contributed by atoms with Crippen molar-refractivity contribution in [1.29, 1.82) is 0 Å². The zero-order valence-corrected chi connectivity index (χ0v) is 7.63. The van der Waals surface area contributed by atoms with Crippen molar-refractivity contribution in [3.8, 4) is 0 Å². The summed E-state index contributed by atoms with van der Waals surface area (Å²) in [6.07, 6.45) is -0.729. The van der Waals surface area contributed by atoms with E-state index in [1.54, 1.807) is 27.7 Å². The van der Waals surface area contributed by atoms with Crippen molar-refractivity contribution in [2.24, 2.45) is 5.41 Å². The van der Waals surface area contributed by atoms with Crippen LogP contribution in [0.5, 0.6) is 0 Å². The summed E-state index contributed by atoms with van der Waals surface area (Å²) >= 11 is 0. The van der Waals surface area contributed by atoms with Crippen LogP contribution in [-0.4, -0.2) is 33.6 Å². The molecule has 3 nitrogen and oxygen atoms in total. The monoisotopic (exact) mass is 162 g/mol. The molecule has 0 aromatic rings. The van der Waals surface area contributed by atoms with Gasteiger partial charge in [-0.15, -0.1) is 0 Å². The molecule has 0 aliphatic rings. The molecule has 3 N–H and O–H groups in total. The van der Waals surface area contributed by atoms with Crippen molar-refractivity contribution >= 4 is 0 Å². The minimum Gasteiger partial charge on any atom is -0.396 e. The van der Waals surface area contributed by atoms with Crippen LogP contribution in [0.4, 0.5) is 0 Å². The Hall–Kier alpha value is -0.120. The summed E-state index contributed by atoms with van der Waals surface area (Å²) in [5.74, 6) is 0. The largest absolute Gasteiger partial charge is 0.396 e. The number of aliphatic hydroxyl groups is 3. The average Bonchev–Trinajstić information content (AvgIpc) is 1.83. The maximum Gasteiger partial charge on any atom is 0.0691 e. The molecule has 2 atom stereocenters. The number of hydrogen-bond donors (Lipinski definition) is 3. The molecule has 0 aliphatic carbocycles. The highest BCUT2D eigenvalue weighted by atomic mass is 16.3. The minimum atomic E-state index is -1.07. The normalized spacial score (nSPS) is 21.0. The summed E-state index contributed by atoms with van der Waals surface area (Å²) in [5, 5.41) is 27.8. The van der Waals surface area contributed by atoms with Crippen molar-refractivity contribution < 1.29 is 15.3 Å². The summed E-state index contributed by atoms with van der Waals surface area (Å²) in [6, 6.07) is 0. The third kappa shape index (κ3) is 1.92. The lowest BCUT2D eigenvalue weighted by atomic mass is 9.72. The first-order valence-electron chi connectivity index (χ1n) is 3.77. The molecule has 0 fully saturated rings. The van der Waals surface area contributed by atoms with E-state index >= 15 is 0 Å². The summed E-state index contributed by atoms with van der Waals surface area (Å²) < 4.78 is 0. The topological polar surface area (TPSA) is 60.7 Å². The van der Waals surface area contributed by atoms with Gasteiger partial charge in [-0.25, -0.2) is 0 Å². The lowest BCUT2D eigenvalue weighted by Crippen LogP contribution is -2.51. The first kappa shape index (κ1) is 10.9. The van der Waals surface area contributed by atoms with Gasteiger partial charge in [-0.3, -0.25) is 0 Å². The minimum absolute atomic E-state index is 0.228. The summed E-state index contributed by atoms with van der Waals surface area (Å²) in [7, 11) is 0. The van der Waals surface area contributed by atoms with Gasteiger partial charge in [0.2, 0.25) is 0 Å². The fraction of sp³-hybridized carbons (Fsp3) is 1.00. The molecule has 0 heterocycles. The molecule has 2 unspecified atom stereocenters. The molecule has 0 aromatic heterocycles. The van der Waals surface area contributed by atoms with Gasteiger partial charge < -0.3 is 15.3 Å². The van der Waals surface area contributed by atoms with Crippen LogP contribution in [-0.2, 0) is 0 Å². The molecule has 0 radical (unpaired) electrons. The van der Waals surface area contributed by atoms with Crippen molar-refractivity contribution in [2.75, 3.05) is 6.61 Å². The van der Waals surface area contributed by atoms with Crippen LogP contribution in [0.15, 0.2) is 0 Å². The van der Waals surface area contributed by atoms with Crippen LogP contribution in [0, 0.1) is 5.41 Å². The van der Waals surface area contributed by atoms with Crippen LogP contribution in [0.3, 0.4) is 0 Å². The van der Waals surface area contributed by atoms with E-state index in [-0.39, 0.29) is 6.61 Å². The standard InChI is InChI=1S/C8H18O3/c1-6(10)8(4,5-9)7(2,3)11/h6,9-11H,5H2,1-4H3. The molecule has 3 heteroatoms. The van der Waals surface area contributed by atoms with E-state index in [1.165, 1.54) is 0 Å². The Morgan fingerprint density at radius 3 is 1.64 bits per heavy atom. The molecule has 0 aliphatic heterocycles. The van der Waals surface area contributed by atoms with Crippen molar-refractivity contribution in [3.63, 3.8) is 0 Å². The Morgan fingerprint density at radius 1 is 1.27 bits per heavy atom. The van der Waals surface area contributed by atoms with Gasteiger partial charge in [0, 0.05) is 5.41 Å². The van der Waals surface area contributed by atoms with Crippen LogP contribution >= 0.6 is 0 Å². The Balaban J connectivity index is 4.61. The zero-order chi connectivity index (χ0) is 9.28. The van der Waals surface area contributed by atoms with Crippen molar-refractivity contribution in [1.82, 2.24) is 0 Å². The van der Waals surface area contributed by atoms with Gasteiger partial charge in [0.1, 0.15) is 0 Å². The van der Waals surface area contributed by atoms with Crippen LogP contribution in [0.2, 0.25) is 0 Å². The van der Waals surface area contributed by atoms with Gasteiger partial charge in [0.15, 0.2) is 0 Å². The maximum absolute atomic E-state index is 9.59. The second-order valence-electron chi connectivity index (χ2n) is 3.81. The molecular weight excluding hydrogens is 144 g/mol. The van der Waals surface area contributed by atoms with Crippen LogP contribution in [0.25, 0.3) is 0 Å². The van der Waals surface area contributed by atoms with Crippen LogP contribution < -0.4 is 0 Å². The average molecular weight is 162 g/mol. The van der Waals surface area contributed by atoms with Crippen LogP contribution in [0.1, 0.15) is 27.7 Å². The predicted molar refractivity (Wildman–Crippen MR) is 43.2 cm³/mol. The number of hydrogen-bond acceptors (Lipinski definition) is 3. The van der Waals surface area contributed by atoms with E-state index in [0.29, 0.717) is 0 Å². The van der Waals surface area contributed by atoms with E-state index in [4.69, 9.17) is 5.11 Å². The van der Waals surface area contributed by atoms with Gasteiger partial charge >= 0.3 is 0 Å². The summed E-state index contributed by atoms with van der Waals surface area (Å²) in [5.41, 5.74) is -1.93. The van der Waals surface area contributed by atoms with Gasteiger partial charge in [0.25, 0.3) is 0 Å². The summed E-state index contributed by atoms with van der Waals surface area (Å²) in [6.45, 7) is 6.14. The smallest absolute Gasteiger partial charge is 0.0691 e. The first-order valence-corrected chi connectivity index (χ1v) is 3.77. The predicted octanol–water partition coefficient (Wildman–Crippen LogP) is 0.137. The van der Waals surface area contributed by atoms with Gasteiger partial charge in [-0.1, -0.05) is 6.92 Å². The summed E-state index contributed by atoms with van der Waals surface area (Å²) in [4.78, 5) is 0. The molecule has 68 valence electrons. The maximum atomic E-state index is 9.59. The van der Waals surface area contributed by atoms with E-state index in [2.05, 4.69) is 0 Å². The molecule has 0 saturated heterocycles. The lowest BCUT2D eigenvalue weighted by Gasteiger charge is -2.41. The molecule has 0 spiro atoms. The quantitative estimate of drug-likeness (QED) is 0.553. The molecule has 0 rings (SSSR count). The van der Waals surface area contributed by atoms with Crippen molar-refractivity contribution in [2.45, 2.75) is 39.4 Å². The lowest BCUT2D eigenvalue weighted by molar-refractivity contribution is -0.130. The van der Waals surface area contributed by atoms with Crippen molar-refractivity contribution in [3.05, 3.63) is 0 Å². The SMILES string of the molecule is CC(O)C(C)(CO)C(C)(C)O. The zero-order valence-electron chi connectivity index (χ0n) is 7.63. The second kappa shape index (κ2) is 3.09. The molecule has 0 amide bonds. The Labute approximate surface area is 67.7 Å². The highest BCUT2D eigenvalue weighted by molar-refractivity contribution is 4.92. The first-order chi connectivity index (χ1) is 4.75. The Kier molecular flexibility index (Phi) is 3.06. The van der Waals surface area contributed by atoms with Gasteiger partial charge in [-0.05, 0) is 20.8 Å². The number of aliphatic hydroxyl groups excluding tert-OH is 2. The van der Waals surface area contributed by atoms with E-state index in [9.17, 15) is 10.2 Å². The highest BCUT2D eigenvalue weighted by Gasteiger charge is 2.42. The highest BCUT2D eigenvalue weighted by Crippen LogP contribution is 2.33. The molecule has 0 saturated carbocycles. The van der Waals surface area contributed by atoms with E-state index in [1.807, 2.05) is 0 Å². The Bertz CT molecular complexity index is 126. The number of rotatable bonds is 3. The molecule has 0 aromatic carbocycles. The molecule has 0 bridgehead atoms. The fourth-order valence-corrected chi connectivity index (χ4v) is 0.837. The van der Waals surface area contributed by atoms with E-state index in [0.717, 1.165) is 0 Å². The van der Waals surface area contributed by atoms with Gasteiger partial charge in [0.05, 0.1) is 18.3 Å². The second-order valence-corrected chi connectivity index (χ2v) is 3.81. The molecular formula is C8H18O3. The van der Waals surface area contributed by atoms with Gasteiger partial charge in [-0.2, -0.15) is 0 Å². The third-order valence-electron chi connectivity index (χ3n) is 2.65. The molecule has 11 heavy (non-hydrogen) atoms. The fourth-order valence-electron chi connectivity index (χ4n) is 0.837. The van der Waals surface area contributed by atoms with E-state index < -0.39 is 17.1 Å². The third-order valence-corrected chi connectivity index (χ3v) is 2.65. The Morgan fingerprint density at radius 2 is 1.64 bits per heavy atom.